The Hall–Kier alpha value is -0.960. The van der Waals surface area contributed by atoms with Crippen LogP contribution in [0.4, 0.5) is 0 Å². The van der Waals surface area contributed by atoms with Crippen LogP contribution in [-0.4, -0.2) is 16.0 Å². The van der Waals surface area contributed by atoms with Gasteiger partial charge < -0.3 is 5.73 Å². The van der Waals surface area contributed by atoms with Crippen molar-refractivity contribution in [3.8, 4) is 0 Å². The predicted octanol–water partition coefficient (Wildman–Crippen LogP) is 2.02. The van der Waals surface area contributed by atoms with Crippen LogP contribution in [-0.2, 0) is 6.42 Å². The van der Waals surface area contributed by atoms with Gasteiger partial charge in [-0.25, -0.2) is 9.97 Å². The topological polar surface area (TPSA) is 51.8 Å². The van der Waals surface area contributed by atoms with Crippen molar-refractivity contribution in [3.05, 3.63) is 23.8 Å². The Bertz CT molecular complexity index is 356. The molecule has 2 saturated carbocycles. The van der Waals surface area contributed by atoms with Crippen molar-refractivity contribution in [2.45, 2.75) is 50.5 Å². The Balaban J connectivity index is 1.61. The molecule has 0 amide bonds. The highest BCUT2D eigenvalue weighted by Crippen LogP contribution is 2.39. The van der Waals surface area contributed by atoms with Gasteiger partial charge in [-0.15, -0.1) is 0 Å². The van der Waals surface area contributed by atoms with Crippen LogP contribution in [0.5, 0.6) is 0 Å². The zero-order valence-corrected chi connectivity index (χ0v) is 9.60. The van der Waals surface area contributed by atoms with Gasteiger partial charge in [0.05, 0.1) is 0 Å². The number of nitrogens with two attached hydrogens (primary N) is 1. The molecule has 0 saturated heterocycles. The summed E-state index contributed by atoms with van der Waals surface area (Å²) in [5.74, 6) is 2.47. The summed E-state index contributed by atoms with van der Waals surface area (Å²) in [7, 11) is 0. The summed E-state index contributed by atoms with van der Waals surface area (Å²) in [5.41, 5.74) is 7.24. The quantitative estimate of drug-likeness (QED) is 0.842. The molecule has 3 rings (SSSR count). The molecule has 86 valence electrons. The van der Waals surface area contributed by atoms with Gasteiger partial charge in [0.15, 0.2) is 0 Å². The highest BCUT2D eigenvalue weighted by Gasteiger charge is 2.25. The van der Waals surface area contributed by atoms with Crippen LogP contribution >= 0.6 is 0 Å². The van der Waals surface area contributed by atoms with E-state index in [-0.39, 0.29) is 0 Å². The first kappa shape index (κ1) is 10.2. The van der Waals surface area contributed by atoms with Crippen molar-refractivity contribution in [1.82, 2.24) is 9.97 Å². The summed E-state index contributed by atoms with van der Waals surface area (Å²) >= 11 is 0. The molecule has 2 aliphatic carbocycles. The number of aromatic nitrogens is 2. The van der Waals surface area contributed by atoms with Gasteiger partial charge in [0, 0.05) is 24.9 Å². The summed E-state index contributed by atoms with van der Waals surface area (Å²) < 4.78 is 0. The molecule has 2 atom stereocenters. The summed E-state index contributed by atoms with van der Waals surface area (Å²) in [4.78, 5) is 8.95. The molecule has 3 nitrogen and oxygen atoms in total. The van der Waals surface area contributed by atoms with E-state index in [2.05, 4.69) is 9.97 Å². The highest BCUT2D eigenvalue weighted by atomic mass is 14.9. The first-order chi connectivity index (χ1) is 7.81. The van der Waals surface area contributed by atoms with Crippen LogP contribution in [0.25, 0.3) is 0 Å². The lowest BCUT2D eigenvalue weighted by molar-refractivity contribution is 0.520. The van der Waals surface area contributed by atoms with Gasteiger partial charge in [0.25, 0.3) is 0 Å². The molecule has 3 heteroatoms. The van der Waals surface area contributed by atoms with Gasteiger partial charge in [-0.3, -0.25) is 0 Å². The van der Waals surface area contributed by atoms with Crippen LogP contribution < -0.4 is 5.73 Å². The third-order valence-electron chi connectivity index (χ3n) is 3.83. The third kappa shape index (κ3) is 2.24. The second-order valence-electron chi connectivity index (χ2n) is 5.35. The molecular weight excluding hydrogens is 198 g/mol. The minimum Gasteiger partial charge on any atom is -0.328 e. The van der Waals surface area contributed by atoms with Crippen LogP contribution in [0.1, 0.15) is 49.4 Å². The maximum atomic E-state index is 5.91. The zero-order chi connectivity index (χ0) is 11.0. The van der Waals surface area contributed by atoms with Gasteiger partial charge in [0.2, 0.25) is 0 Å². The smallest absolute Gasteiger partial charge is 0.128 e. The Kier molecular flexibility index (Phi) is 2.64. The third-order valence-corrected chi connectivity index (χ3v) is 3.83. The molecule has 2 N–H and O–H groups in total. The highest BCUT2D eigenvalue weighted by molar-refractivity contribution is 5.17. The number of nitrogens with zero attached hydrogens (tertiary/aromatic N) is 2. The van der Waals surface area contributed by atoms with Gasteiger partial charge in [-0.2, -0.15) is 0 Å². The van der Waals surface area contributed by atoms with Crippen molar-refractivity contribution < 1.29 is 0 Å². The van der Waals surface area contributed by atoms with Gasteiger partial charge in [0.1, 0.15) is 5.82 Å². The van der Waals surface area contributed by atoms with Crippen LogP contribution in [0.3, 0.4) is 0 Å². The average molecular weight is 217 g/mol. The van der Waals surface area contributed by atoms with E-state index >= 15 is 0 Å². The van der Waals surface area contributed by atoms with E-state index in [4.69, 9.17) is 5.73 Å². The maximum Gasteiger partial charge on any atom is 0.128 e. The largest absolute Gasteiger partial charge is 0.328 e. The lowest BCUT2D eigenvalue weighted by Crippen LogP contribution is -2.15. The zero-order valence-electron chi connectivity index (χ0n) is 9.60. The molecule has 0 bridgehead atoms. The number of hydrogen-bond donors (Lipinski definition) is 1. The monoisotopic (exact) mass is 217 g/mol. The Morgan fingerprint density at radius 1 is 1.12 bits per heavy atom. The fraction of sp³-hybridized carbons (Fsp3) is 0.692. The summed E-state index contributed by atoms with van der Waals surface area (Å²) in [6.45, 7) is 0. The molecule has 16 heavy (non-hydrogen) atoms. The standard InChI is InChI=1S/C13H19N3/c14-12-4-1-9(5-12)6-13-15-7-11(8-16-13)10-2-3-10/h7-10,12H,1-6,14H2/t9-,12-/m0/s1. The molecule has 0 aliphatic heterocycles. The average Bonchev–Trinajstić information content (AvgIpc) is 3.05. The second kappa shape index (κ2) is 4.13. The van der Waals surface area contributed by atoms with Gasteiger partial charge in [-0.05, 0) is 49.5 Å². The molecule has 2 fully saturated rings. The first-order valence-electron chi connectivity index (χ1n) is 6.37. The lowest BCUT2D eigenvalue weighted by Gasteiger charge is -2.08. The van der Waals surface area contributed by atoms with Crippen LogP contribution in [0.15, 0.2) is 12.4 Å². The van der Waals surface area contributed by atoms with Gasteiger partial charge in [-0.1, -0.05) is 0 Å². The van der Waals surface area contributed by atoms with E-state index in [1.807, 2.05) is 12.4 Å². The van der Waals surface area contributed by atoms with E-state index in [9.17, 15) is 0 Å². The fourth-order valence-corrected chi connectivity index (χ4v) is 2.65. The molecule has 1 aromatic rings. The lowest BCUT2D eigenvalue weighted by atomic mass is 10.0. The van der Waals surface area contributed by atoms with Crippen molar-refractivity contribution in [1.29, 1.82) is 0 Å². The van der Waals surface area contributed by atoms with Crippen LogP contribution in [0, 0.1) is 5.92 Å². The van der Waals surface area contributed by atoms with Gasteiger partial charge >= 0.3 is 0 Å². The fourth-order valence-electron chi connectivity index (χ4n) is 2.65. The Morgan fingerprint density at radius 3 is 2.44 bits per heavy atom. The molecule has 2 aliphatic rings. The van der Waals surface area contributed by atoms with E-state index in [1.165, 1.54) is 31.2 Å². The normalized spacial score (nSPS) is 29.6. The molecule has 0 unspecified atom stereocenters. The molecule has 0 spiro atoms. The van der Waals surface area contributed by atoms with E-state index in [0.717, 1.165) is 24.6 Å². The van der Waals surface area contributed by atoms with E-state index < -0.39 is 0 Å². The summed E-state index contributed by atoms with van der Waals surface area (Å²) in [6.07, 6.45) is 11.3. The molecule has 1 aromatic heterocycles. The molecule has 0 aromatic carbocycles. The SMILES string of the molecule is N[C@H]1CC[C@H](Cc2ncc(C3CC3)cn2)C1. The van der Waals surface area contributed by atoms with Crippen LogP contribution in [0.2, 0.25) is 0 Å². The maximum absolute atomic E-state index is 5.91. The second-order valence-corrected chi connectivity index (χ2v) is 5.35. The molecule has 1 heterocycles. The van der Waals surface area contributed by atoms with E-state index in [1.54, 1.807) is 0 Å². The first-order valence-corrected chi connectivity index (χ1v) is 6.37. The Morgan fingerprint density at radius 2 is 1.88 bits per heavy atom. The van der Waals surface area contributed by atoms with Crippen molar-refractivity contribution >= 4 is 0 Å². The number of hydrogen-bond acceptors (Lipinski definition) is 3. The Labute approximate surface area is 96.5 Å². The van der Waals surface area contributed by atoms with Crippen molar-refractivity contribution in [2.75, 3.05) is 0 Å². The minimum absolute atomic E-state index is 0.413. The predicted molar refractivity (Wildman–Crippen MR) is 63.0 cm³/mol. The van der Waals surface area contributed by atoms with Crippen molar-refractivity contribution in [3.63, 3.8) is 0 Å². The minimum atomic E-state index is 0.413. The number of rotatable bonds is 3. The van der Waals surface area contributed by atoms with Crippen molar-refractivity contribution in [2.24, 2.45) is 11.7 Å². The van der Waals surface area contributed by atoms with E-state index in [0.29, 0.717) is 12.0 Å². The molecular formula is C13H19N3. The molecule has 0 radical (unpaired) electrons. The summed E-state index contributed by atoms with van der Waals surface area (Å²) in [6, 6.07) is 0.413. The summed E-state index contributed by atoms with van der Waals surface area (Å²) in [5, 5.41) is 0.